The van der Waals surface area contributed by atoms with Crippen molar-refractivity contribution in [3.63, 3.8) is 0 Å². The standard InChI is InChI=1S/C16H20N2S/c1-10-8-6-7-9-12(10)13-11(2)14(19)18-15(17-13)16(3,4)5/h6-9H,1-5H3,(H,17,18,19). The normalized spacial score (nSPS) is 11.6. The monoisotopic (exact) mass is 272 g/mol. The van der Waals surface area contributed by atoms with Gasteiger partial charge in [0.2, 0.25) is 0 Å². The van der Waals surface area contributed by atoms with Gasteiger partial charge in [0.1, 0.15) is 10.5 Å². The Morgan fingerprint density at radius 1 is 1.11 bits per heavy atom. The molecular weight excluding hydrogens is 252 g/mol. The van der Waals surface area contributed by atoms with Gasteiger partial charge in [0, 0.05) is 16.5 Å². The molecule has 0 spiro atoms. The van der Waals surface area contributed by atoms with Gasteiger partial charge in [-0.15, -0.1) is 0 Å². The van der Waals surface area contributed by atoms with Gasteiger partial charge >= 0.3 is 0 Å². The quantitative estimate of drug-likeness (QED) is 0.761. The van der Waals surface area contributed by atoms with Crippen LogP contribution in [0, 0.1) is 18.5 Å². The van der Waals surface area contributed by atoms with E-state index in [0.717, 1.165) is 17.1 Å². The Morgan fingerprint density at radius 2 is 1.74 bits per heavy atom. The third kappa shape index (κ3) is 2.76. The number of hydrogen-bond acceptors (Lipinski definition) is 2. The van der Waals surface area contributed by atoms with Gasteiger partial charge in [0.25, 0.3) is 0 Å². The molecule has 1 N–H and O–H groups in total. The summed E-state index contributed by atoms with van der Waals surface area (Å²) in [4.78, 5) is 7.99. The summed E-state index contributed by atoms with van der Waals surface area (Å²) in [5, 5.41) is 0. The van der Waals surface area contributed by atoms with Gasteiger partial charge in [-0.1, -0.05) is 57.3 Å². The molecule has 0 aliphatic heterocycles. The molecule has 100 valence electrons. The second-order valence-corrected chi connectivity index (χ2v) is 6.34. The van der Waals surface area contributed by atoms with Crippen molar-refractivity contribution in [2.75, 3.05) is 0 Å². The number of aryl methyl sites for hydroxylation is 1. The van der Waals surface area contributed by atoms with Gasteiger partial charge in [-0.2, -0.15) is 0 Å². The van der Waals surface area contributed by atoms with Crippen LogP contribution < -0.4 is 0 Å². The Balaban J connectivity index is 2.74. The van der Waals surface area contributed by atoms with E-state index in [9.17, 15) is 0 Å². The molecule has 0 atom stereocenters. The SMILES string of the molecule is Cc1ccccc1-c1[nH]c(C(C)(C)C)nc(=S)c1C. The van der Waals surface area contributed by atoms with Crippen LogP contribution in [0.2, 0.25) is 0 Å². The highest BCUT2D eigenvalue weighted by Crippen LogP contribution is 2.27. The third-order valence-electron chi connectivity index (χ3n) is 3.28. The summed E-state index contributed by atoms with van der Waals surface area (Å²) in [5.74, 6) is 0.932. The first-order valence-electron chi connectivity index (χ1n) is 6.48. The van der Waals surface area contributed by atoms with E-state index in [0.29, 0.717) is 4.64 Å². The molecule has 0 fully saturated rings. The van der Waals surface area contributed by atoms with Crippen molar-refractivity contribution in [3.8, 4) is 11.3 Å². The summed E-state index contributed by atoms with van der Waals surface area (Å²) in [6.07, 6.45) is 0. The molecule has 0 amide bonds. The number of aromatic nitrogens is 2. The van der Waals surface area contributed by atoms with Crippen LogP contribution in [0.5, 0.6) is 0 Å². The third-order valence-corrected chi connectivity index (χ3v) is 3.67. The maximum atomic E-state index is 5.41. The van der Waals surface area contributed by atoms with Gasteiger partial charge < -0.3 is 4.98 Å². The van der Waals surface area contributed by atoms with E-state index < -0.39 is 0 Å². The maximum Gasteiger partial charge on any atom is 0.133 e. The minimum Gasteiger partial charge on any atom is -0.342 e. The first-order chi connectivity index (χ1) is 8.80. The van der Waals surface area contributed by atoms with Crippen molar-refractivity contribution in [1.29, 1.82) is 0 Å². The van der Waals surface area contributed by atoms with E-state index in [2.05, 4.69) is 61.9 Å². The fourth-order valence-electron chi connectivity index (χ4n) is 2.01. The van der Waals surface area contributed by atoms with Crippen LogP contribution in [0.4, 0.5) is 0 Å². The predicted octanol–water partition coefficient (Wildman–Crippen LogP) is 4.72. The minimum atomic E-state index is -0.0430. The summed E-state index contributed by atoms with van der Waals surface area (Å²) < 4.78 is 0.682. The number of H-pyrrole nitrogens is 1. The number of nitrogens with one attached hydrogen (secondary N) is 1. The van der Waals surface area contributed by atoms with Gasteiger partial charge in [0.05, 0.1) is 5.69 Å². The van der Waals surface area contributed by atoms with Crippen molar-refractivity contribution >= 4 is 12.2 Å². The Labute approximate surface area is 119 Å². The van der Waals surface area contributed by atoms with Crippen LogP contribution in [-0.2, 0) is 5.41 Å². The molecule has 1 aromatic heterocycles. The molecule has 0 aliphatic carbocycles. The lowest BCUT2D eigenvalue weighted by molar-refractivity contribution is 0.544. The van der Waals surface area contributed by atoms with Gasteiger partial charge in [-0.3, -0.25) is 0 Å². The smallest absolute Gasteiger partial charge is 0.133 e. The minimum absolute atomic E-state index is 0.0430. The highest BCUT2D eigenvalue weighted by atomic mass is 32.1. The molecule has 0 saturated carbocycles. The lowest BCUT2D eigenvalue weighted by Crippen LogP contribution is -2.17. The number of nitrogens with zero attached hydrogens (tertiary/aromatic N) is 1. The van der Waals surface area contributed by atoms with E-state index in [-0.39, 0.29) is 5.41 Å². The molecule has 0 bridgehead atoms. The summed E-state index contributed by atoms with van der Waals surface area (Å²) in [5.41, 5.74) is 4.51. The number of rotatable bonds is 1. The predicted molar refractivity (Wildman–Crippen MR) is 83.0 cm³/mol. The summed E-state index contributed by atoms with van der Waals surface area (Å²) in [6, 6.07) is 8.34. The molecule has 2 aromatic rings. The van der Waals surface area contributed by atoms with E-state index in [1.807, 2.05) is 6.92 Å². The molecule has 3 heteroatoms. The zero-order chi connectivity index (χ0) is 14.2. The van der Waals surface area contributed by atoms with Gasteiger partial charge in [-0.05, 0) is 19.4 Å². The Kier molecular flexibility index (Phi) is 3.59. The molecule has 2 nitrogen and oxygen atoms in total. The first-order valence-corrected chi connectivity index (χ1v) is 6.89. The number of benzene rings is 1. The van der Waals surface area contributed by atoms with E-state index in [1.54, 1.807) is 0 Å². The van der Waals surface area contributed by atoms with Crippen LogP contribution in [-0.4, -0.2) is 9.97 Å². The maximum absolute atomic E-state index is 5.41. The Hall–Kier alpha value is -1.48. The van der Waals surface area contributed by atoms with E-state index in [4.69, 9.17) is 12.2 Å². The van der Waals surface area contributed by atoms with Crippen molar-refractivity contribution in [1.82, 2.24) is 9.97 Å². The van der Waals surface area contributed by atoms with Gasteiger partial charge in [-0.25, -0.2) is 4.98 Å². The Bertz CT molecular complexity index is 663. The number of aromatic amines is 1. The molecule has 1 heterocycles. The van der Waals surface area contributed by atoms with Crippen molar-refractivity contribution in [2.45, 2.75) is 40.0 Å². The highest BCUT2D eigenvalue weighted by Gasteiger charge is 2.19. The second-order valence-electron chi connectivity index (χ2n) is 5.96. The molecule has 19 heavy (non-hydrogen) atoms. The molecular formula is C16H20N2S. The molecule has 0 saturated heterocycles. The Morgan fingerprint density at radius 3 is 2.32 bits per heavy atom. The number of hydrogen-bond donors (Lipinski definition) is 1. The zero-order valence-electron chi connectivity index (χ0n) is 12.2. The topological polar surface area (TPSA) is 28.7 Å². The lowest BCUT2D eigenvalue weighted by Gasteiger charge is -2.20. The fraction of sp³-hybridized carbons (Fsp3) is 0.375. The highest BCUT2D eigenvalue weighted by molar-refractivity contribution is 7.71. The largest absolute Gasteiger partial charge is 0.342 e. The van der Waals surface area contributed by atoms with Crippen LogP contribution in [0.3, 0.4) is 0 Å². The second kappa shape index (κ2) is 4.89. The zero-order valence-corrected chi connectivity index (χ0v) is 13.0. The van der Waals surface area contributed by atoms with Crippen LogP contribution >= 0.6 is 12.2 Å². The average molecular weight is 272 g/mol. The van der Waals surface area contributed by atoms with Crippen molar-refractivity contribution < 1.29 is 0 Å². The van der Waals surface area contributed by atoms with Crippen molar-refractivity contribution in [2.24, 2.45) is 0 Å². The van der Waals surface area contributed by atoms with Crippen molar-refractivity contribution in [3.05, 3.63) is 45.9 Å². The first kappa shape index (κ1) is 13.9. The van der Waals surface area contributed by atoms with Gasteiger partial charge in [0.15, 0.2) is 0 Å². The molecule has 0 unspecified atom stereocenters. The summed E-state index contributed by atoms with van der Waals surface area (Å²) in [7, 11) is 0. The summed E-state index contributed by atoms with van der Waals surface area (Å²) >= 11 is 5.41. The molecule has 0 radical (unpaired) electrons. The van der Waals surface area contributed by atoms with Crippen LogP contribution in [0.1, 0.15) is 37.7 Å². The lowest BCUT2D eigenvalue weighted by atomic mass is 9.94. The average Bonchev–Trinajstić information content (AvgIpc) is 2.32. The van der Waals surface area contributed by atoms with Crippen LogP contribution in [0.25, 0.3) is 11.3 Å². The summed E-state index contributed by atoms with van der Waals surface area (Å²) in [6.45, 7) is 10.6. The van der Waals surface area contributed by atoms with E-state index >= 15 is 0 Å². The molecule has 2 rings (SSSR count). The molecule has 1 aromatic carbocycles. The molecule has 0 aliphatic rings. The van der Waals surface area contributed by atoms with Crippen LogP contribution in [0.15, 0.2) is 24.3 Å². The fourth-order valence-corrected chi connectivity index (χ4v) is 2.20. The van der Waals surface area contributed by atoms with E-state index in [1.165, 1.54) is 11.1 Å².